The molecule has 1 rings (SSSR count). The molecule has 3 nitrogen and oxygen atoms in total. The summed E-state index contributed by atoms with van der Waals surface area (Å²) in [6, 6.07) is 0.532. The van der Waals surface area contributed by atoms with Gasteiger partial charge in [0, 0.05) is 38.8 Å². The summed E-state index contributed by atoms with van der Waals surface area (Å²) in [5.41, 5.74) is 7.16. The summed E-state index contributed by atoms with van der Waals surface area (Å²) in [6.07, 6.45) is 2.29. The quantitative estimate of drug-likeness (QED) is 0.670. The lowest BCUT2D eigenvalue weighted by molar-refractivity contribution is 0.105. The summed E-state index contributed by atoms with van der Waals surface area (Å²) in [4.78, 5) is 4.84. The van der Waals surface area contributed by atoms with E-state index in [1.54, 1.807) is 0 Å². The Bertz CT molecular complexity index is 197. The SMILES string of the molecule is CC(C)=CCN1CCN(C)CC1CN. The fourth-order valence-electron chi connectivity index (χ4n) is 1.81. The lowest BCUT2D eigenvalue weighted by Gasteiger charge is -2.39. The monoisotopic (exact) mass is 197 g/mol. The Kier molecular flexibility index (Phi) is 4.58. The first-order chi connectivity index (χ1) is 6.63. The van der Waals surface area contributed by atoms with Gasteiger partial charge in [-0.3, -0.25) is 4.90 Å². The smallest absolute Gasteiger partial charge is 0.0349 e. The van der Waals surface area contributed by atoms with Gasteiger partial charge >= 0.3 is 0 Å². The van der Waals surface area contributed by atoms with Gasteiger partial charge in [-0.2, -0.15) is 0 Å². The van der Waals surface area contributed by atoms with Gasteiger partial charge in [-0.25, -0.2) is 0 Å². The zero-order valence-electron chi connectivity index (χ0n) is 9.66. The first kappa shape index (κ1) is 11.7. The molecule has 0 aliphatic carbocycles. The van der Waals surface area contributed by atoms with Crippen molar-refractivity contribution in [3.8, 4) is 0 Å². The normalized spacial score (nSPS) is 25.0. The van der Waals surface area contributed by atoms with E-state index in [2.05, 4.69) is 36.8 Å². The van der Waals surface area contributed by atoms with Crippen molar-refractivity contribution in [1.82, 2.24) is 9.80 Å². The fourth-order valence-corrected chi connectivity index (χ4v) is 1.81. The largest absolute Gasteiger partial charge is 0.329 e. The van der Waals surface area contributed by atoms with Crippen LogP contribution in [-0.2, 0) is 0 Å². The van der Waals surface area contributed by atoms with E-state index in [0.29, 0.717) is 6.04 Å². The Morgan fingerprint density at radius 1 is 1.43 bits per heavy atom. The van der Waals surface area contributed by atoms with E-state index in [0.717, 1.165) is 32.7 Å². The minimum absolute atomic E-state index is 0.532. The van der Waals surface area contributed by atoms with Crippen LogP contribution in [0.4, 0.5) is 0 Å². The molecule has 1 heterocycles. The third-order valence-electron chi connectivity index (χ3n) is 2.81. The van der Waals surface area contributed by atoms with Crippen LogP contribution in [0, 0.1) is 0 Å². The zero-order valence-corrected chi connectivity index (χ0v) is 9.66. The van der Waals surface area contributed by atoms with Crippen LogP contribution in [0.5, 0.6) is 0 Å². The molecule has 3 heteroatoms. The second-order valence-corrected chi connectivity index (χ2v) is 4.43. The van der Waals surface area contributed by atoms with Crippen LogP contribution in [0.1, 0.15) is 13.8 Å². The molecule has 0 saturated carbocycles. The van der Waals surface area contributed by atoms with E-state index >= 15 is 0 Å². The average Bonchev–Trinajstić information content (AvgIpc) is 2.15. The highest BCUT2D eigenvalue weighted by Crippen LogP contribution is 2.07. The molecule has 0 aromatic heterocycles. The Morgan fingerprint density at radius 3 is 2.71 bits per heavy atom. The van der Waals surface area contributed by atoms with Crippen LogP contribution in [-0.4, -0.2) is 55.6 Å². The maximum atomic E-state index is 5.77. The van der Waals surface area contributed by atoms with Crippen molar-refractivity contribution in [3.05, 3.63) is 11.6 Å². The molecule has 0 aromatic carbocycles. The van der Waals surface area contributed by atoms with Crippen molar-refractivity contribution >= 4 is 0 Å². The number of hydrogen-bond acceptors (Lipinski definition) is 3. The molecule has 0 aromatic rings. The van der Waals surface area contributed by atoms with Crippen LogP contribution >= 0.6 is 0 Å². The Labute approximate surface area is 87.6 Å². The molecule has 82 valence electrons. The first-order valence-electron chi connectivity index (χ1n) is 5.39. The van der Waals surface area contributed by atoms with Gasteiger partial charge in [0.25, 0.3) is 0 Å². The standard InChI is InChI=1S/C11H23N3/c1-10(2)4-5-14-7-6-13(3)9-11(14)8-12/h4,11H,5-9,12H2,1-3H3. The van der Waals surface area contributed by atoms with Gasteiger partial charge in [0.05, 0.1) is 0 Å². The molecule has 1 fully saturated rings. The molecule has 0 amide bonds. The molecule has 1 saturated heterocycles. The number of piperazine rings is 1. The van der Waals surface area contributed by atoms with Gasteiger partial charge in [0.15, 0.2) is 0 Å². The molecular weight excluding hydrogens is 174 g/mol. The van der Waals surface area contributed by atoms with Crippen LogP contribution in [0.2, 0.25) is 0 Å². The average molecular weight is 197 g/mol. The van der Waals surface area contributed by atoms with Gasteiger partial charge in [-0.1, -0.05) is 11.6 Å². The summed E-state index contributed by atoms with van der Waals surface area (Å²) < 4.78 is 0. The highest BCUT2D eigenvalue weighted by molar-refractivity contribution is 4.97. The van der Waals surface area contributed by atoms with Crippen LogP contribution in [0.25, 0.3) is 0 Å². The van der Waals surface area contributed by atoms with E-state index in [-0.39, 0.29) is 0 Å². The molecular formula is C11H23N3. The summed E-state index contributed by atoms with van der Waals surface area (Å²) in [7, 11) is 2.17. The van der Waals surface area contributed by atoms with Crippen molar-refractivity contribution in [2.24, 2.45) is 5.73 Å². The molecule has 0 spiro atoms. The Morgan fingerprint density at radius 2 is 2.14 bits per heavy atom. The van der Waals surface area contributed by atoms with E-state index in [9.17, 15) is 0 Å². The zero-order chi connectivity index (χ0) is 10.6. The summed E-state index contributed by atoms with van der Waals surface area (Å²) in [6.45, 7) is 9.52. The number of nitrogens with zero attached hydrogens (tertiary/aromatic N) is 2. The van der Waals surface area contributed by atoms with Crippen LogP contribution in [0.15, 0.2) is 11.6 Å². The van der Waals surface area contributed by atoms with E-state index < -0.39 is 0 Å². The minimum Gasteiger partial charge on any atom is -0.329 e. The maximum Gasteiger partial charge on any atom is 0.0349 e. The number of rotatable bonds is 3. The lowest BCUT2D eigenvalue weighted by atomic mass is 10.1. The van der Waals surface area contributed by atoms with Crippen molar-refractivity contribution in [3.63, 3.8) is 0 Å². The van der Waals surface area contributed by atoms with Crippen molar-refractivity contribution in [2.75, 3.05) is 39.8 Å². The van der Waals surface area contributed by atoms with Gasteiger partial charge in [0.2, 0.25) is 0 Å². The van der Waals surface area contributed by atoms with Gasteiger partial charge < -0.3 is 10.6 Å². The Hall–Kier alpha value is -0.380. The predicted molar refractivity (Wildman–Crippen MR) is 61.3 cm³/mol. The molecule has 1 unspecified atom stereocenters. The highest BCUT2D eigenvalue weighted by Gasteiger charge is 2.22. The molecule has 0 bridgehead atoms. The number of nitrogens with two attached hydrogens (primary N) is 1. The highest BCUT2D eigenvalue weighted by atomic mass is 15.3. The fraction of sp³-hybridized carbons (Fsp3) is 0.818. The van der Waals surface area contributed by atoms with Crippen molar-refractivity contribution in [2.45, 2.75) is 19.9 Å². The van der Waals surface area contributed by atoms with E-state index in [1.807, 2.05) is 0 Å². The predicted octanol–water partition coefficient (Wildman–Crippen LogP) is 0.527. The first-order valence-corrected chi connectivity index (χ1v) is 5.39. The number of hydrogen-bond donors (Lipinski definition) is 1. The molecule has 1 aliphatic heterocycles. The summed E-state index contributed by atoms with van der Waals surface area (Å²) in [5, 5.41) is 0. The van der Waals surface area contributed by atoms with Crippen LogP contribution < -0.4 is 5.73 Å². The number of allylic oxidation sites excluding steroid dienone is 1. The third kappa shape index (κ3) is 3.40. The van der Waals surface area contributed by atoms with E-state index in [4.69, 9.17) is 5.73 Å². The van der Waals surface area contributed by atoms with Gasteiger partial charge in [-0.05, 0) is 20.9 Å². The summed E-state index contributed by atoms with van der Waals surface area (Å²) >= 11 is 0. The van der Waals surface area contributed by atoms with Gasteiger partial charge in [-0.15, -0.1) is 0 Å². The van der Waals surface area contributed by atoms with Crippen molar-refractivity contribution < 1.29 is 0 Å². The summed E-state index contributed by atoms with van der Waals surface area (Å²) in [5.74, 6) is 0. The second kappa shape index (κ2) is 5.49. The molecule has 1 aliphatic rings. The van der Waals surface area contributed by atoms with Crippen molar-refractivity contribution in [1.29, 1.82) is 0 Å². The lowest BCUT2D eigenvalue weighted by Crippen LogP contribution is -2.54. The number of likely N-dealkylation sites (N-methyl/N-ethyl adjacent to an activating group) is 1. The molecule has 1 atom stereocenters. The Balaban J connectivity index is 2.46. The van der Waals surface area contributed by atoms with E-state index in [1.165, 1.54) is 5.57 Å². The third-order valence-corrected chi connectivity index (χ3v) is 2.81. The maximum absolute atomic E-state index is 5.77. The second-order valence-electron chi connectivity index (χ2n) is 4.43. The molecule has 2 N–H and O–H groups in total. The molecule has 0 radical (unpaired) electrons. The minimum atomic E-state index is 0.532. The topological polar surface area (TPSA) is 32.5 Å². The van der Waals surface area contributed by atoms with Crippen LogP contribution in [0.3, 0.4) is 0 Å². The molecule has 14 heavy (non-hydrogen) atoms. The van der Waals surface area contributed by atoms with Gasteiger partial charge in [0.1, 0.15) is 0 Å².